The molecule has 0 unspecified atom stereocenters. The third-order valence-corrected chi connectivity index (χ3v) is 3.79. The molecule has 2 aromatic carbocycles. The van der Waals surface area contributed by atoms with Crippen LogP contribution in [0.1, 0.15) is 20.7 Å². The largest absolute Gasteiger partial charge is 0.497 e. The highest BCUT2D eigenvalue weighted by Crippen LogP contribution is 2.23. The average molecular weight is 348 g/mol. The first kappa shape index (κ1) is 17.2. The second-order valence-corrected chi connectivity index (χ2v) is 5.47. The molecule has 0 atom stereocenters. The Labute approximate surface area is 150 Å². The van der Waals surface area contributed by atoms with Crippen LogP contribution in [-0.2, 0) is 0 Å². The Bertz CT molecular complexity index is 952. The highest BCUT2D eigenvalue weighted by atomic mass is 16.5. The summed E-state index contributed by atoms with van der Waals surface area (Å²) in [5.74, 6) is -0.923. The first-order chi connectivity index (χ1) is 12.6. The number of hydrogen-bond donors (Lipinski definition) is 2. The van der Waals surface area contributed by atoms with Gasteiger partial charge in [0.05, 0.1) is 35.8 Å². The van der Waals surface area contributed by atoms with Crippen LogP contribution in [0, 0.1) is 0 Å². The van der Waals surface area contributed by atoms with Crippen LogP contribution in [0.25, 0.3) is 11.3 Å². The lowest BCUT2D eigenvalue weighted by molar-refractivity contribution is 0.0692. The molecule has 0 saturated carbocycles. The Morgan fingerprint density at radius 3 is 2.42 bits per heavy atom. The number of hydrogen-bond acceptors (Lipinski definition) is 4. The maximum Gasteiger partial charge on any atom is 0.336 e. The van der Waals surface area contributed by atoms with Gasteiger partial charge in [0.15, 0.2) is 0 Å². The zero-order valence-electron chi connectivity index (χ0n) is 14.0. The summed E-state index contributed by atoms with van der Waals surface area (Å²) in [6.07, 6.45) is 1.52. The fourth-order valence-electron chi connectivity index (χ4n) is 2.49. The Balaban J connectivity index is 1.79. The number of methoxy groups -OCH3 is 1. The first-order valence-electron chi connectivity index (χ1n) is 7.82. The van der Waals surface area contributed by atoms with Crippen molar-refractivity contribution in [3.63, 3.8) is 0 Å². The lowest BCUT2D eigenvalue weighted by Gasteiger charge is -2.08. The van der Waals surface area contributed by atoms with E-state index in [0.717, 1.165) is 17.0 Å². The van der Waals surface area contributed by atoms with Gasteiger partial charge < -0.3 is 15.2 Å². The van der Waals surface area contributed by atoms with Crippen molar-refractivity contribution in [1.82, 2.24) is 4.98 Å². The quantitative estimate of drug-likeness (QED) is 0.734. The third-order valence-electron chi connectivity index (χ3n) is 3.79. The highest BCUT2D eigenvalue weighted by molar-refractivity contribution is 6.10. The van der Waals surface area contributed by atoms with Gasteiger partial charge in [0.2, 0.25) is 0 Å². The van der Waals surface area contributed by atoms with E-state index in [1.54, 1.807) is 31.4 Å². The number of benzene rings is 2. The van der Waals surface area contributed by atoms with E-state index in [1.165, 1.54) is 18.3 Å². The topological polar surface area (TPSA) is 88.5 Å². The van der Waals surface area contributed by atoms with Crippen molar-refractivity contribution in [3.8, 4) is 17.0 Å². The van der Waals surface area contributed by atoms with E-state index < -0.39 is 11.9 Å². The van der Waals surface area contributed by atoms with Gasteiger partial charge >= 0.3 is 5.97 Å². The summed E-state index contributed by atoms with van der Waals surface area (Å²) >= 11 is 0. The number of aromatic carboxylic acids is 1. The van der Waals surface area contributed by atoms with E-state index >= 15 is 0 Å². The highest BCUT2D eigenvalue weighted by Gasteiger charge is 2.16. The minimum absolute atomic E-state index is 0.0500. The molecule has 0 fully saturated rings. The number of rotatable bonds is 5. The van der Waals surface area contributed by atoms with Crippen molar-refractivity contribution in [3.05, 3.63) is 78.0 Å². The smallest absolute Gasteiger partial charge is 0.336 e. The molecular weight excluding hydrogens is 332 g/mol. The number of amides is 1. The van der Waals surface area contributed by atoms with Crippen LogP contribution < -0.4 is 10.1 Å². The zero-order chi connectivity index (χ0) is 18.5. The third kappa shape index (κ3) is 3.70. The van der Waals surface area contributed by atoms with Gasteiger partial charge in [0, 0.05) is 5.56 Å². The Morgan fingerprint density at radius 1 is 1.00 bits per heavy atom. The Hall–Kier alpha value is -3.67. The number of carboxylic acids is 1. The second-order valence-electron chi connectivity index (χ2n) is 5.47. The molecular formula is C20H16N2O4. The number of ether oxygens (including phenoxy) is 1. The lowest BCUT2D eigenvalue weighted by Crippen LogP contribution is -2.16. The van der Waals surface area contributed by atoms with Gasteiger partial charge in [-0.25, -0.2) is 4.79 Å². The van der Waals surface area contributed by atoms with Crippen LogP contribution in [0.3, 0.4) is 0 Å². The van der Waals surface area contributed by atoms with Crippen LogP contribution in [0.2, 0.25) is 0 Å². The van der Waals surface area contributed by atoms with E-state index in [1.807, 2.05) is 24.3 Å². The summed E-state index contributed by atoms with van der Waals surface area (Å²) in [6, 6.07) is 17.0. The summed E-state index contributed by atoms with van der Waals surface area (Å²) in [5.41, 5.74) is 2.14. The van der Waals surface area contributed by atoms with E-state index in [0.29, 0.717) is 5.69 Å². The molecule has 26 heavy (non-hydrogen) atoms. The molecule has 1 aromatic heterocycles. The summed E-state index contributed by atoms with van der Waals surface area (Å²) in [5, 5.41) is 11.8. The van der Waals surface area contributed by atoms with Gasteiger partial charge in [0.1, 0.15) is 5.75 Å². The molecule has 0 aliphatic carbocycles. The molecule has 0 radical (unpaired) electrons. The van der Waals surface area contributed by atoms with Crippen molar-refractivity contribution >= 4 is 17.6 Å². The molecule has 3 aromatic rings. The van der Waals surface area contributed by atoms with E-state index in [2.05, 4.69) is 10.3 Å². The fraction of sp³-hybridized carbons (Fsp3) is 0.0500. The predicted octanol–water partition coefficient (Wildman–Crippen LogP) is 3.71. The number of pyridine rings is 1. The minimum Gasteiger partial charge on any atom is -0.497 e. The second kappa shape index (κ2) is 7.48. The SMILES string of the molecule is COc1cccc(-c2ccc(NC(=O)c3ccccc3C(=O)O)cn2)c1. The van der Waals surface area contributed by atoms with Gasteiger partial charge in [-0.15, -0.1) is 0 Å². The molecule has 2 N–H and O–H groups in total. The molecule has 6 heteroatoms. The van der Waals surface area contributed by atoms with Gasteiger partial charge in [-0.3, -0.25) is 9.78 Å². The monoisotopic (exact) mass is 348 g/mol. The number of carboxylic acid groups (broad SMARTS) is 1. The molecule has 3 rings (SSSR count). The zero-order valence-corrected chi connectivity index (χ0v) is 14.0. The maximum atomic E-state index is 12.4. The number of nitrogens with zero attached hydrogens (tertiary/aromatic N) is 1. The summed E-state index contributed by atoms with van der Waals surface area (Å²) in [6.45, 7) is 0. The van der Waals surface area contributed by atoms with E-state index in [4.69, 9.17) is 4.74 Å². The summed E-state index contributed by atoms with van der Waals surface area (Å²) in [7, 11) is 1.60. The number of aromatic nitrogens is 1. The van der Waals surface area contributed by atoms with Crippen molar-refractivity contribution in [2.24, 2.45) is 0 Å². The van der Waals surface area contributed by atoms with Crippen LogP contribution in [0.15, 0.2) is 66.9 Å². The van der Waals surface area contributed by atoms with Crippen LogP contribution >= 0.6 is 0 Å². The molecule has 130 valence electrons. The number of carbonyl (C=O) groups is 2. The van der Waals surface area contributed by atoms with Gasteiger partial charge in [0.25, 0.3) is 5.91 Å². The standard InChI is InChI=1S/C20H16N2O4/c1-26-15-6-4-5-13(11-15)18-10-9-14(12-21-18)22-19(23)16-7-2-3-8-17(16)20(24)25/h2-12H,1H3,(H,22,23)(H,24,25). The molecule has 0 aliphatic heterocycles. The maximum absolute atomic E-state index is 12.4. The van der Waals surface area contributed by atoms with E-state index in [9.17, 15) is 14.7 Å². The molecule has 6 nitrogen and oxygen atoms in total. The van der Waals surface area contributed by atoms with Crippen molar-refractivity contribution in [1.29, 1.82) is 0 Å². The first-order valence-corrected chi connectivity index (χ1v) is 7.82. The summed E-state index contributed by atoms with van der Waals surface area (Å²) < 4.78 is 5.20. The fourth-order valence-corrected chi connectivity index (χ4v) is 2.49. The normalized spacial score (nSPS) is 10.2. The van der Waals surface area contributed by atoms with Crippen molar-refractivity contribution in [2.75, 3.05) is 12.4 Å². The predicted molar refractivity (Wildman–Crippen MR) is 97.6 cm³/mol. The summed E-state index contributed by atoms with van der Waals surface area (Å²) in [4.78, 5) is 27.9. The Kier molecular flexibility index (Phi) is 4.94. The molecule has 0 spiro atoms. The van der Waals surface area contributed by atoms with Crippen LogP contribution in [-0.4, -0.2) is 29.1 Å². The van der Waals surface area contributed by atoms with Crippen molar-refractivity contribution < 1.29 is 19.4 Å². The van der Waals surface area contributed by atoms with Gasteiger partial charge in [-0.1, -0.05) is 24.3 Å². The molecule has 0 bridgehead atoms. The van der Waals surface area contributed by atoms with Gasteiger partial charge in [-0.2, -0.15) is 0 Å². The molecule has 1 amide bonds. The number of anilines is 1. The molecule has 0 aliphatic rings. The molecule has 0 saturated heterocycles. The number of nitrogens with one attached hydrogen (secondary N) is 1. The molecule has 1 heterocycles. The van der Waals surface area contributed by atoms with Crippen molar-refractivity contribution in [2.45, 2.75) is 0 Å². The number of carbonyl (C=O) groups excluding carboxylic acids is 1. The van der Waals surface area contributed by atoms with E-state index in [-0.39, 0.29) is 11.1 Å². The van der Waals surface area contributed by atoms with Crippen LogP contribution in [0.5, 0.6) is 5.75 Å². The van der Waals surface area contributed by atoms with Gasteiger partial charge in [-0.05, 0) is 36.4 Å². The average Bonchev–Trinajstić information content (AvgIpc) is 2.68. The van der Waals surface area contributed by atoms with Crippen LogP contribution in [0.4, 0.5) is 5.69 Å². The lowest BCUT2D eigenvalue weighted by atomic mass is 10.1. The minimum atomic E-state index is -1.15. The Morgan fingerprint density at radius 2 is 1.77 bits per heavy atom.